The van der Waals surface area contributed by atoms with Crippen molar-refractivity contribution in [3.05, 3.63) is 27.9 Å². The van der Waals surface area contributed by atoms with Crippen molar-refractivity contribution in [2.45, 2.75) is 53.0 Å². The summed E-state index contributed by atoms with van der Waals surface area (Å²) in [6.45, 7) is 9.23. The van der Waals surface area contributed by atoms with Crippen LogP contribution in [0.5, 0.6) is 5.75 Å². The molecular weight excluding hydrogens is 408 g/mol. The molecule has 1 N–H and O–H groups in total. The molecule has 5 nitrogen and oxygen atoms in total. The molecule has 0 radical (unpaired) electrons. The van der Waals surface area contributed by atoms with Crippen LogP contribution in [0.2, 0.25) is 0 Å². The highest BCUT2D eigenvalue weighted by Crippen LogP contribution is 2.35. The smallest absolute Gasteiger partial charge is 0.340 e. The summed E-state index contributed by atoms with van der Waals surface area (Å²) in [6, 6.07) is 3.51. The van der Waals surface area contributed by atoms with Crippen LogP contribution in [-0.2, 0) is 18.3 Å². The Morgan fingerprint density at radius 1 is 1.19 bits per heavy atom. The van der Waals surface area contributed by atoms with Gasteiger partial charge in [-0.25, -0.2) is 4.79 Å². The van der Waals surface area contributed by atoms with E-state index in [9.17, 15) is 9.90 Å². The predicted molar refractivity (Wildman–Crippen MR) is 113 cm³/mol. The fraction of sp³-hybridized carbons (Fsp3) is 0.571. The highest BCUT2D eigenvalue weighted by molar-refractivity contribution is 9.10. The van der Waals surface area contributed by atoms with E-state index in [0.29, 0.717) is 23.2 Å². The fourth-order valence-electron chi connectivity index (χ4n) is 3.36. The Morgan fingerprint density at radius 2 is 1.81 bits per heavy atom. The van der Waals surface area contributed by atoms with Crippen LogP contribution in [0, 0.1) is 0 Å². The number of hydrogen-bond donors (Lipinski definition) is 1. The Morgan fingerprint density at radius 3 is 2.37 bits per heavy atom. The van der Waals surface area contributed by atoms with E-state index in [0.717, 1.165) is 55.4 Å². The van der Waals surface area contributed by atoms with Crippen molar-refractivity contribution < 1.29 is 14.6 Å². The molecule has 0 spiro atoms. The van der Waals surface area contributed by atoms with Crippen LogP contribution in [0.3, 0.4) is 0 Å². The van der Waals surface area contributed by atoms with E-state index in [4.69, 9.17) is 4.74 Å². The third kappa shape index (κ3) is 5.05. The standard InChI is InChI=1S/C21H31BrN2O3/c1-5-8-10-24(11-9-6-2)14-18-20(21(26)27-7-3)15-12-19(25)16(22)13-17(15)23(18)4/h12-13,25H,5-11,14H2,1-4H3. The number of ether oxygens (including phenoxy) is 1. The van der Waals surface area contributed by atoms with Crippen molar-refractivity contribution in [3.8, 4) is 5.75 Å². The number of phenolic OH excluding ortho intramolecular Hbond substituents is 1. The third-order valence-electron chi connectivity index (χ3n) is 4.90. The van der Waals surface area contributed by atoms with E-state index in [-0.39, 0.29) is 11.7 Å². The summed E-state index contributed by atoms with van der Waals surface area (Å²) in [4.78, 5) is 15.2. The first-order chi connectivity index (χ1) is 12.9. The largest absolute Gasteiger partial charge is 0.507 e. The summed E-state index contributed by atoms with van der Waals surface area (Å²) in [5, 5.41) is 10.9. The monoisotopic (exact) mass is 438 g/mol. The number of aryl methyl sites for hydroxylation is 1. The van der Waals surface area contributed by atoms with Gasteiger partial charge in [0, 0.05) is 24.7 Å². The predicted octanol–water partition coefficient (Wildman–Crippen LogP) is 5.23. The lowest BCUT2D eigenvalue weighted by Gasteiger charge is -2.23. The van der Waals surface area contributed by atoms with Crippen LogP contribution in [0.25, 0.3) is 10.9 Å². The van der Waals surface area contributed by atoms with Gasteiger partial charge in [0.1, 0.15) is 5.75 Å². The summed E-state index contributed by atoms with van der Waals surface area (Å²) in [5.41, 5.74) is 2.41. The lowest BCUT2D eigenvalue weighted by molar-refractivity contribution is 0.0525. The molecule has 2 aromatic rings. The Balaban J connectivity index is 2.53. The van der Waals surface area contributed by atoms with E-state index in [1.807, 2.05) is 20.0 Å². The number of benzene rings is 1. The van der Waals surface area contributed by atoms with Crippen LogP contribution in [0.4, 0.5) is 0 Å². The van der Waals surface area contributed by atoms with E-state index in [2.05, 4.69) is 39.2 Å². The molecular formula is C21H31BrN2O3. The lowest BCUT2D eigenvalue weighted by atomic mass is 10.1. The molecule has 0 unspecified atom stereocenters. The number of esters is 1. The van der Waals surface area contributed by atoms with Gasteiger partial charge in [-0.2, -0.15) is 0 Å². The molecule has 1 aromatic carbocycles. The molecule has 0 atom stereocenters. The normalized spacial score (nSPS) is 11.5. The molecule has 1 aromatic heterocycles. The van der Waals surface area contributed by atoms with Crippen LogP contribution in [0.15, 0.2) is 16.6 Å². The maximum Gasteiger partial charge on any atom is 0.340 e. The molecule has 6 heteroatoms. The van der Waals surface area contributed by atoms with Gasteiger partial charge in [-0.3, -0.25) is 4.90 Å². The summed E-state index contributed by atoms with van der Waals surface area (Å²) in [6.07, 6.45) is 4.55. The number of rotatable bonds is 10. The average Bonchev–Trinajstić information content (AvgIpc) is 2.89. The number of aromatic nitrogens is 1. The van der Waals surface area contributed by atoms with E-state index < -0.39 is 0 Å². The van der Waals surface area contributed by atoms with E-state index >= 15 is 0 Å². The zero-order valence-corrected chi connectivity index (χ0v) is 18.4. The van der Waals surface area contributed by atoms with Gasteiger partial charge in [-0.1, -0.05) is 26.7 Å². The fourth-order valence-corrected chi connectivity index (χ4v) is 3.69. The minimum atomic E-state index is -0.328. The number of fused-ring (bicyclic) bond motifs is 1. The van der Waals surface area contributed by atoms with Crippen LogP contribution >= 0.6 is 15.9 Å². The van der Waals surface area contributed by atoms with E-state index in [1.165, 1.54) is 0 Å². The molecule has 0 aliphatic carbocycles. The molecule has 0 amide bonds. The van der Waals surface area contributed by atoms with Crippen molar-refractivity contribution in [1.82, 2.24) is 9.47 Å². The molecule has 0 saturated heterocycles. The highest BCUT2D eigenvalue weighted by Gasteiger charge is 2.24. The van der Waals surface area contributed by atoms with Gasteiger partial charge in [0.2, 0.25) is 0 Å². The van der Waals surface area contributed by atoms with Gasteiger partial charge in [-0.05, 0) is 60.9 Å². The number of carbonyl (C=O) groups is 1. The molecule has 0 saturated carbocycles. The summed E-state index contributed by atoms with van der Waals surface area (Å²) in [7, 11) is 1.97. The molecule has 0 fully saturated rings. The maximum absolute atomic E-state index is 12.8. The molecule has 0 aliphatic heterocycles. The van der Waals surface area contributed by atoms with Gasteiger partial charge in [0.15, 0.2) is 0 Å². The number of halogens is 1. The van der Waals surface area contributed by atoms with Gasteiger partial charge in [0.05, 0.1) is 22.2 Å². The zero-order chi connectivity index (χ0) is 20.0. The average molecular weight is 439 g/mol. The van der Waals surface area contributed by atoms with Gasteiger partial charge in [-0.15, -0.1) is 0 Å². The quantitative estimate of drug-likeness (QED) is 0.516. The minimum Gasteiger partial charge on any atom is -0.507 e. The molecule has 0 bridgehead atoms. The van der Waals surface area contributed by atoms with Crippen molar-refractivity contribution in [1.29, 1.82) is 0 Å². The van der Waals surface area contributed by atoms with Crippen LogP contribution in [0.1, 0.15) is 62.5 Å². The molecule has 0 aliphatic rings. The SMILES string of the molecule is CCCCN(CCCC)Cc1c(C(=O)OCC)c2cc(O)c(Br)cc2n1C. The topological polar surface area (TPSA) is 54.7 Å². The minimum absolute atomic E-state index is 0.124. The maximum atomic E-state index is 12.8. The van der Waals surface area contributed by atoms with Gasteiger partial charge >= 0.3 is 5.97 Å². The Bertz CT molecular complexity index is 778. The van der Waals surface area contributed by atoms with Crippen molar-refractivity contribution in [2.75, 3.05) is 19.7 Å². The number of nitrogens with zero attached hydrogens (tertiary/aromatic N) is 2. The second-order valence-corrected chi connectivity index (χ2v) is 7.76. The number of carbonyl (C=O) groups excluding carboxylic acids is 1. The second kappa shape index (κ2) is 10.1. The Kier molecular flexibility index (Phi) is 8.17. The number of phenols is 1. The van der Waals surface area contributed by atoms with Crippen LogP contribution in [-0.4, -0.2) is 40.2 Å². The van der Waals surface area contributed by atoms with Gasteiger partial charge in [0.25, 0.3) is 0 Å². The zero-order valence-electron chi connectivity index (χ0n) is 16.8. The molecule has 150 valence electrons. The number of unbranched alkanes of at least 4 members (excludes halogenated alkanes) is 2. The lowest BCUT2D eigenvalue weighted by Crippen LogP contribution is -2.27. The summed E-state index contributed by atoms with van der Waals surface area (Å²) >= 11 is 3.38. The van der Waals surface area contributed by atoms with Crippen molar-refractivity contribution in [3.63, 3.8) is 0 Å². The first-order valence-corrected chi connectivity index (χ1v) is 10.6. The van der Waals surface area contributed by atoms with Crippen LogP contribution < -0.4 is 0 Å². The third-order valence-corrected chi connectivity index (χ3v) is 5.53. The number of aromatic hydroxyl groups is 1. The van der Waals surface area contributed by atoms with Crippen molar-refractivity contribution >= 4 is 32.8 Å². The van der Waals surface area contributed by atoms with E-state index in [1.54, 1.807) is 6.07 Å². The Hall–Kier alpha value is -1.53. The first kappa shape index (κ1) is 21.8. The second-order valence-electron chi connectivity index (χ2n) is 6.91. The molecule has 2 rings (SSSR count). The number of hydrogen-bond acceptors (Lipinski definition) is 4. The molecule has 1 heterocycles. The molecule has 27 heavy (non-hydrogen) atoms. The summed E-state index contributed by atoms with van der Waals surface area (Å²) in [5.74, 6) is -0.204. The summed E-state index contributed by atoms with van der Waals surface area (Å²) < 4.78 is 8.01. The van der Waals surface area contributed by atoms with Gasteiger partial charge < -0.3 is 14.4 Å². The first-order valence-electron chi connectivity index (χ1n) is 9.83. The Labute approximate surface area is 170 Å². The highest BCUT2D eigenvalue weighted by atomic mass is 79.9. The van der Waals surface area contributed by atoms with Crippen molar-refractivity contribution in [2.24, 2.45) is 7.05 Å².